The second-order valence-electron chi connectivity index (χ2n) is 6.02. The zero-order valence-corrected chi connectivity index (χ0v) is 15.8. The summed E-state index contributed by atoms with van der Waals surface area (Å²) in [6.45, 7) is 10.1. The monoisotopic (exact) mass is 351 g/mol. The summed E-state index contributed by atoms with van der Waals surface area (Å²) in [5, 5.41) is 7.61. The molecule has 1 saturated heterocycles. The SMILES string of the molecule is CCNC(=NCCc1nc(C)c(C)s1)NCCC(=O)N1CCCC1. The Morgan fingerprint density at radius 2 is 2.04 bits per heavy atom. The average Bonchev–Trinajstić information content (AvgIpc) is 3.18. The molecule has 0 saturated carbocycles. The largest absolute Gasteiger partial charge is 0.357 e. The van der Waals surface area contributed by atoms with Crippen molar-refractivity contribution in [1.82, 2.24) is 20.5 Å². The average molecular weight is 352 g/mol. The number of thiazole rings is 1. The van der Waals surface area contributed by atoms with Gasteiger partial charge in [0.2, 0.25) is 5.91 Å². The highest BCUT2D eigenvalue weighted by molar-refractivity contribution is 7.11. The van der Waals surface area contributed by atoms with Crippen LogP contribution in [0.4, 0.5) is 0 Å². The van der Waals surface area contributed by atoms with Gasteiger partial charge in [-0.3, -0.25) is 9.79 Å². The molecule has 0 atom stereocenters. The van der Waals surface area contributed by atoms with Gasteiger partial charge in [0.1, 0.15) is 0 Å². The molecule has 0 bridgehead atoms. The first-order chi connectivity index (χ1) is 11.6. The molecule has 0 radical (unpaired) electrons. The highest BCUT2D eigenvalue weighted by Gasteiger charge is 2.17. The second kappa shape index (κ2) is 9.61. The van der Waals surface area contributed by atoms with Gasteiger partial charge in [-0.25, -0.2) is 4.98 Å². The standard InChI is InChI=1S/C17H29N5OS/c1-4-18-17(19-9-7-15-21-13(2)14(3)24-15)20-10-8-16(23)22-11-5-6-12-22/h4-12H2,1-3H3,(H2,18,19,20). The smallest absolute Gasteiger partial charge is 0.224 e. The quantitative estimate of drug-likeness (QED) is 0.581. The Bertz CT molecular complexity index is 544. The predicted molar refractivity (Wildman–Crippen MR) is 99.7 cm³/mol. The van der Waals surface area contributed by atoms with Crippen molar-refractivity contribution in [1.29, 1.82) is 0 Å². The number of nitrogens with zero attached hydrogens (tertiary/aromatic N) is 3. The Hall–Kier alpha value is -1.63. The van der Waals surface area contributed by atoms with Crippen molar-refractivity contribution in [3.05, 3.63) is 15.6 Å². The van der Waals surface area contributed by atoms with Crippen LogP contribution in [0, 0.1) is 13.8 Å². The fraction of sp³-hybridized carbons (Fsp3) is 0.706. The van der Waals surface area contributed by atoms with Gasteiger partial charge in [-0.15, -0.1) is 11.3 Å². The third-order valence-corrected chi connectivity index (χ3v) is 5.24. The molecule has 2 heterocycles. The molecule has 6 nitrogen and oxygen atoms in total. The fourth-order valence-electron chi connectivity index (χ4n) is 2.66. The van der Waals surface area contributed by atoms with E-state index in [0.717, 1.165) is 55.6 Å². The Morgan fingerprint density at radius 3 is 2.67 bits per heavy atom. The van der Waals surface area contributed by atoms with Crippen molar-refractivity contribution in [3.63, 3.8) is 0 Å². The Balaban J connectivity index is 1.74. The molecule has 1 aromatic rings. The van der Waals surface area contributed by atoms with Crippen LogP contribution in [0.1, 0.15) is 41.8 Å². The summed E-state index contributed by atoms with van der Waals surface area (Å²) in [5.74, 6) is 1.02. The second-order valence-corrected chi connectivity index (χ2v) is 7.31. The highest BCUT2D eigenvalue weighted by Crippen LogP contribution is 2.16. The van der Waals surface area contributed by atoms with E-state index in [9.17, 15) is 4.79 Å². The third kappa shape index (κ3) is 5.78. The van der Waals surface area contributed by atoms with Crippen molar-refractivity contribution in [2.24, 2.45) is 4.99 Å². The number of aliphatic imine (C=N–C) groups is 1. The van der Waals surface area contributed by atoms with E-state index in [4.69, 9.17) is 0 Å². The summed E-state index contributed by atoms with van der Waals surface area (Å²) in [5.41, 5.74) is 1.12. The fourth-order valence-corrected chi connectivity index (χ4v) is 3.59. The van der Waals surface area contributed by atoms with Gasteiger partial charge < -0.3 is 15.5 Å². The predicted octanol–water partition coefficient (Wildman–Crippen LogP) is 1.87. The lowest BCUT2D eigenvalue weighted by Crippen LogP contribution is -2.39. The number of likely N-dealkylation sites (tertiary alicyclic amines) is 1. The van der Waals surface area contributed by atoms with Gasteiger partial charge >= 0.3 is 0 Å². The lowest BCUT2D eigenvalue weighted by Gasteiger charge is -2.16. The third-order valence-electron chi connectivity index (χ3n) is 4.10. The first kappa shape index (κ1) is 18.7. The van der Waals surface area contributed by atoms with Crippen molar-refractivity contribution in [2.45, 2.75) is 46.5 Å². The lowest BCUT2D eigenvalue weighted by molar-refractivity contribution is -0.129. The molecule has 0 spiro atoms. The van der Waals surface area contributed by atoms with Crippen LogP contribution in [0.15, 0.2) is 4.99 Å². The van der Waals surface area contributed by atoms with Crippen LogP contribution in [0.3, 0.4) is 0 Å². The summed E-state index contributed by atoms with van der Waals surface area (Å²) < 4.78 is 0. The van der Waals surface area contributed by atoms with E-state index in [2.05, 4.69) is 27.5 Å². The number of hydrogen-bond donors (Lipinski definition) is 2. The van der Waals surface area contributed by atoms with Crippen molar-refractivity contribution in [2.75, 3.05) is 32.7 Å². The van der Waals surface area contributed by atoms with Crippen LogP contribution < -0.4 is 10.6 Å². The van der Waals surface area contributed by atoms with Crippen LogP contribution in [0.25, 0.3) is 0 Å². The maximum absolute atomic E-state index is 12.0. The first-order valence-electron chi connectivity index (χ1n) is 8.83. The van der Waals surface area contributed by atoms with Crippen LogP contribution in [-0.2, 0) is 11.2 Å². The van der Waals surface area contributed by atoms with Crippen LogP contribution in [-0.4, -0.2) is 54.5 Å². The highest BCUT2D eigenvalue weighted by atomic mass is 32.1. The Morgan fingerprint density at radius 1 is 1.29 bits per heavy atom. The minimum atomic E-state index is 0.240. The number of aryl methyl sites for hydroxylation is 2. The number of hydrogen-bond acceptors (Lipinski definition) is 4. The van der Waals surface area contributed by atoms with Gasteiger partial charge in [-0.1, -0.05) is 0 Å². The number of amides is 1. The molecule has 2 rings (SSSR count). The molecule has 24 heavy (non-hydrogen) atoms. The molecular weight excluding hydrogens is 322 g/mol. The molecule has 1 amide bonds. The summed E-state index contributed by atoms with van der Waals surface area (Å²) in [6, 6.07) is 0. The van der Waals surface area contributed by atoms with E-state index >= 15 is 0 Å². The van der Waals surface area contributed by atoms with Gasteiger partial charge in [-0.2, -0.15) is 0 Å². The van der Waals surface area contributed by atoms with Crippen molar-refractivity contribution < 1.29 is 4.79 Å². The normalized spacial score (nSPS) is 15.0. The van der Waals surface area contributed by atoms with Crippen molar-refractivity contribution >= 4 is 23.2 Å². The zero-order chi connectivity index (χ0) is 17.4. The maximum Gasteiger partial charge on any atom is 0.224 e. The van der Waals surface area contributed by atoms with Gasteiger partial charge in [0.05, 0.1) is 10.7 Å². The topological polar surface area (TPSA) is 69.6 Å². The Labute approximate surface area is 148 Å². The molecule has 2 N–H and O–H groups in total. The molecule has 0 aromatic carbocycles. The molecule has 1 aliphatic heterocycles. The molecule has 0 unspecified atom stereocenters. The van der Waals surface area contributed by atoms with Crippen LogP contribution in [0.5, 0.6) is 0 Å². The minimum absolute atomic E-state index is 0.240. The Kier molecular flexibility index (Phi) is 7.49. The number of aromatic nitrogens is 1. The molecule has 1 aliphatic rings. The van der Waals surface area contributed by atoms with Gasteiger partial charge in [-0.05, 0) is 33.6 Å². The minimum Gasteiger partial charge on any atom is -0.357 e. The van der Waals surface area contributed by atoms with Crippen molar-refractivity contribution in [3.8, 4) is 0 Å². The number of nitrogens with one attached hydrogen (secondary N) is 2. The summed E-state index contributed by atoms with van der Waals surface area (Å²) in [6.07, 6.45) is 3.65. The molecule has 1 aromatic heterocycles. The molecule has 134 valence electrons. The van der Waals surface area contributed by atoms with Gasteiger partial charge in [0.25, 0.3) is 0 Å². The summed E-state index contributed by atoms with van der Waals surface area (Å²) in [4.78, 5) is 24.4. The van der Waals surface area contributed by atoms with E-state index in [0.29, 0.717) is 19.5 Å². The summed E-state index contributed by atoms with van der Waals surface area (Å²) in [7, 11) is 0. The van der Waals surface area contributed by atoms with E-state index in [-0.39, 0.29) is 5.91 Å². The van der Waals surface area contributed by atoms with E-state index in [1.807, 2.05) is 18.7 Å². The number of carbonyl (C=O) groups excluding carboxylic acids is 1. The zero-order valence-electron chi connectivity index (χ0n) is 15.0. The number of rotatable bonds is 7. The summed E-state index contributed by atoms with van der Waals surface area (Å²) >= 11 is 1.74. The van der Waals surface area contributed by atoms with E-state index in [1.54, 1.807) is 11.3 Å². The van der Waals surface area contributed by atoms with Gasteiger partial charge in [0.15, 0.2) is 5.96 Å². The van der Waals surface area contributed by atoms with E-state index < -0.39 is 0 Å². The maximum atomic E-state index is 12.0. The molecule has 1 fully saturated rings. The molecule has 0 aliphatic carbocycles. The number of carbonyl (C=O) groups is 1. The van der Waals surface area contributed by atoms with Crippen LogP contribution in [0.2, 0.25) is 0 Å². The van der Waals surface area contributed by atoms with Gasteiger partial charge in [0, 0.05) is 50.4 Å². The molecule has 7 heteroatoms. The van der Waals surface area contributed by atoms with E-state index in [1.165, 1.54) is 4.88 Å². The van der Waals surface area contributed by atoms with Crippen LogP contribution >= 0.6 is 11.3 Å². The lowest BCUT2D eigenvalue weighted by atomic mass is 10.3. The first-order valence-corrected chi connectivity index (χ1v) is 9.64. The molecular formula is C17H29N5OS. The number of guanidine groups is 1.